The molecule has 1 fully saturated rings. The fourth-order valence-electron chi connectivity index (χ4n) is 7.99. The van der Waals surface area contributed by atoms with E-state index in [1.165, 1.54) is 18.9 Å². The van der Waals surface area contributed by atoms with Crippen LogP contribution in [0.25, 0.3) is 0 Å². The molecule has 384 valence electrons. The Morgan fingerprint density at radius 3 is 2.38 bits per heavy atom. The SMILES string of the molecule is CC[C@H](C)[C@H](N)C(=O)NCCCC[C@H](NC(=O)[C@@H](NC(=O)CC/C(C)=C/Cc1c(O)c2c(c(C)c1OC)COC2=O)[C@@H](C)O)C(=O)N1CCC[C@H]1C(=O)N[C@@H](CCCN=C(N)N[N+](=O)[O-])C(=O)OC. The van der Waals surface area contributed by atoms with Crippen molar-refractivity contribution in [3.63, 3.8) is 0 Å². The molecule has 0 unspecified atom stereocenters. The first-order valence-corrected chi connectivity index (χ1v) is 23.1. The number of benzene rings is 1. The quantitative estimate of drug-likeness (QED) is 0.0108. The van der Waals surface area contributed by atoms with E-state index in [-0.39, 0.29) is 94.3 Å². The Morgan fingerprint density at radius 2 is 1.74 bits per heavy atom. The van der Waals surface area contributed by atoms with Gasteiger partial charge in [-0.15, -0.1) is 0 Å². The second-order valence-electron chi connectivity index (χ2n) is 17.3. The molecule has 0 bridgehead atoms. The van der Waals surface area contributed by atoms with Crippen LogP contribution in [0, 0.1) is 23.0 Å². The molecule has 1 aromatic carbocycles. The minimum atomic E-state index is -1.50. The molecule has 2 heterocycles. The third-order valence-electron chi connectivity index (χ3n) is 12.3. The first-order chi connectivity index (χ1) is 32.7. The van der Waals surface area contributed by atoms with Gasteiger partial charge in [0.2, 0.25) is 29.5 Å². The van der Waals surface area contributed by atoms with Crippen LogP contribution in [0.15, 0.2) is 16.6 Å². The number of aliphatic hydroxyl groups is 1. The number of nitrogens with two attached hydrogens (primary N) is 2. The van der Waals surface area contributed by atoms with Gasteiger partial charge in [-0.25, -0.2) is 24.7 Å². The van der Waals surface area contributed by atoms with Crippen molar-refractivity contribution in [1.82, 2.24) is 31.6 Å². The Hall–Kier alpha value is -6.56. The van der Waals surface area contributed by atoms with Gasteiger partial charge in [-0.2, -0.15) is 0 Å². The van der Waals surface area contributed by atoms with Crippen molar-refractivity contribution in [3.05, 3.63) is 44.0 Å². The monoisotopic (exact) mass is 975 g/mol. The minimum Gasteiger partial charge on any atom is -0.507 e. The number of phenolic OH excluding ortho intramolecular Hbond substituents is 1. The van der Waals surface area contributed by atoms with Crippen LogP contribution in [0.2, 0.25) is 0 Å². The Bertz CT molecular complexity index is 2100. The summed E-state index contributed by atoms with van der Waals surface area (Å²) in [6.45, 7) is 8.98. The number of nitrogens with zero attached hydrogens (tertiary/aromatic N) is 3. The number of cyclic esters (lactones) is 1. The van der Waals surface area contributed by atoms with Crippen LogP contribution in [0.3, 0.4) is 0 Å². The maximum Gasteiger partial charge on any atom is 0.342 e. The molecular formula is C45H70N10O14. The van der Waals surface area contributed by atoms with Crippen molar-refractivity contribution in [2.45, 2.75) is 148 Å². The molecule has 1 saturated heterocycles. The van der Waals surface area contributed by atoms with Gasteiger partial charge in [0, 0.05) is 37.2 Å². The molecule has 0 aliphatic carbocycles. The molecule has 1 aromatic rings. The van der Waals surface area contributed by atoms with Crippen molar-refractivity contribution in [2.75, 3.05) is 33.9 Å². The zero-order valence-electron chi connectivity index (χ0n) is 40.5. The molecule has 0 aromatic heterocycles. The molecular weight excluding hydrogens is 905 g/mol. The van der Waals surface area contributed by atoms with Crippen LogP contribution in [-0.2, 0) is 51.3 Å². The average molecular weight is 975 g/mol. The number of aliphatic imine (C=N–C) groups is 1. The van der Waals surface area contributed by atoms with Crippen molar-refractivity contribution in [3.8, 4) is 11.5 Å². The lowest BCUT2D eigenvalue weighted by Gasteiger charge is -2.31. The molecule has 11 N–H and O–H groups in total. The van der Waals surface area contributed by atoms with E-state index >= 15 is 0 Å². The average Bonchev–Trinajstić information content (AvgIpc) is 3.97. The van der Waals surface area contributed by atoms with Gasteiger partial charge in [-0.05, 0) is 90.0 Å². The van der Waals surface area contributed by atoms with Gasteiger partial charge >= 0.3 is 11.9 Å². The number of nitro groups is 1. The number of allylic oxidation sites excluding steroid dienone is 2. The maximum atomic E-state index is 14.4. The first-order valence-electron chi connectivity index (χ1n) is 23.1. The number of hydrogen-bond donors (Lipinski definition) is 9. The third-order valence-corrected chi connectivity index (χ3v) is 12.3. The summed E-state index contributed by atoms with van der Waals surface area (Å²) in [5.74, 6) is -4.81. The lowest BCUT2D eigenvalue weighted by Crippen LogP contribution is -2.59. The summed E-state index contributed by atoms with van der Waals surface area (Å²) in [4.78, 5) is 109. The fourth-order valence-corrected chi connectivity index (χ4v) is 7.99. The molecule has 7 atom stereocenters. The number of amides is 5. The van der Waals surface area contributed by atoms with E-state index in [2.05, 4.69) is 26.3 Å². The van der Waals surface area contributed by atoms with Crippen LogP contribution >= 0.6 is 0 Å². The van der Waals surface area contributed by atoms with Crippen LogP contribution in [-0.4, -0.2) is 138 Å². The number of unbranched alkanes of at least 4 members (excludes halogenated alkanes) is 1. The second kappa shape index (κ2) is 27.4. The Balaban J connectivity index is 1.74. The highest BCUT2D eigenvalue weighted by Gasteiger charge is 2.40. The number of esters is 2. The number of guanidine groups is 1. The molecule has 0 saturated carbocycles. The number of ether oxygens (including phenoxy) is 3. The number of carbonyl (C=O) groups excluding carboxylic acids is 7. The predicted octanol–water partition coefficient (Wildman–Crippen LogP) is 0.184. The van der Waals surface area contributed by atoms with Gasteiger partial charge in [0.05, 0.1) is 26.4 Å². The highest BCUT2D eigenvalue weighted by atomic mass is 16.7. The summed E-state index contributed by atoms with van der Waals surface area (Å²) in [6, 6.07) is -5.68. The van der Waals surface area contributed by atoms with Crippen LogP contribution in [0.5, 0.6) is 11.5 Å². The van der Waals surface area contributed by atoms with Crippen LogP contribution in [0.1, 0.15) is 119 Å². The van der Waals surface area contributed by atoms with Gasteiger partial charge in [-0.1, -0.05) is 37.3 Å². The number of methoxy groups -OCH3 is 2. The maximum absolute atomic E-state index is 14.4. The highest BCUT2D eigenvalue weighted by Crippen LogP contribution is 2.42. The zero-order valence-corrected chi connectivity index (χ0v) is 40.5. The molecule has 3 rings (SSSR count). The number of phenols is 1. The number of fused-ring (bicyclic) bond motifs is 1. The second-order valence-corrected chi connectivity index (χ2v) is 17.3. The fraction of sp³-hybridized carbons (Fsp3) is 0.644. The molecule has 2 aliphatic rings. The number of hydrazine groups is 1. The van der Waals surface area contributed by atoms with Gasteiger partial charge in [0.25, 0.3) is 5.96 Å². The van der Waals surface area contributed by atoms with E-state index in [1.54, 1.807) is 25.3 Å². The third kappa shape index (κ3) is 16.3. The topological polar surface area (TPSA) is 359 Å². The number of aromatic hydroxyl groups is 1. The summed E-state index contributed by atoms with van der Waals surface area (Å²) in [5, 5.41) is 42.1. The first kappa shape index (κ1) is 56.8. The Kier molecular flexibility index (Phi) is 22.6. The normalized spacial score (nSPS) is 17.3. The highest BCUT2D eigenvalue weighted by molar-refractivity contribution is 5.98. The van der Waals surface area contributed by atoms with E-state index in [1.807, 2.05) is 13.8 Å². The lowest BCUT2D eigenvalue weighted by atomic mass is 9.94. The molecule has 0 radical (unpaired) electrons. The number of nitrogens with one attached hydrogen (secondary N) is 5. The summed E-state index contributed by atoms with van der Waals surface area (Å²) in [7, 11) is 2.59. The largest absolute Gasteiger partial charge is 0.507 e. The number of likely N-dealkylation sites (tertiary alicyclic amines) is 1. The molecule has 5 amide bonds. The van der Waals surface area contributed by atoms with Gasteiger partial charge in [0.15, 0.2) is 5.03 Å². The summed E-state index contributed by atoms with van der Waals surface area (Å²) in [6.07, 6.45) is 2.88. The number of aliphatic hydroxyl groups excluding tert-OH is 1. The number of carbonyl (C=O) groups is 7. The lowest BCUT2D eigenvalue weighted by molar-refractivity contribution is -0.525. The predicted molar refractivity (Wildman–Crippen MR) is 250 cm³/mol. The van der Waals surface area contributed by atoms with E-state index in [4.69, 9.17) is 25.7 Å². The summed E-state index contributed by atoms with van der Waals surface area (Å²) < 4.78 is 15.5. The summed E-state index contributed by atoms with van der Waals surface area (Å²) in [5.41, 5.74) is 15.6. The van der Waals surface area contributed by atoms with Crippen molar-refractivity contribution in [1.29, 1.82) is 0 Å². The minimum absolute atomic E-state index is 0.0160. The van der Waals surface area contributed by atoms with Crippen molar-refractivity contribution < 1.29 is 63.0 Å². The van der Waals surface area contributed by atoms with Gasteiger partial charge < -0.3 is 62.1 Å². The van der Waals surface area contributed by atoms with Crippen LogP contribution < -0.4 is 42.9 Å². The van der Waals surface area contributed by atoms with E-state index in [0.717, 1.165) is 12.7 Å². The van der Waals surface area contributed by atoms with Crippen molar-refractivity contribution >= 4 is 47.4 Å². The van der Waals surface area contributed by atoms with Crippen molar-refractivity contribution in [2.24, 2.45) is 22.4 Å². The zero-order chi connectivity index (χ0) is 51.5. The molecule has 2 aliphatic heterocycles. The Morgan fingerprint density at radius 1 is 1.04 bits per heavy atom. The van der Waals surface area contributed by atoms with Gasteiger partial charge in [0.1, 0.15) is 47.8 Å². The van der Waals surface area contributed by atoms with E-state index in [9.17, 15) is 53.9 Å². The van der Waals surface area contributed by atoms with E-state index < -0.39 is 82.9 Å². The molecule has 24 heteroatoms. The number of hydrogen-bond acceptors (Lipinski definition) is 16. The Labute approximate surface area is 401 Å². The molecule has 69 heavy (non-hydrogen) atoms. The molecule has 24 nitrogen and oxygen atoms in total. The molecule has 0 spiro atoms. The summed E-state index contributed by atoms with van der Waals surface area (Å²) >= 11 is 0. The number of rotatable bonds is 27. The van der Waals surface area contributed by atoms with Gasteiger partial charge in [-0.3, -0.25) is 24.0 Å². The standard InChI is InChI=1S/C45H70N10O14/c1-8-25(3)35(46)40(60)48-20-10-9-13-30(42(62)54-22-12-15-32(54)39(59)51-31(43(63)68-7)14-11-21-49-45(47)53-55(65)66)50-41(61)36(27(5)56)52-33(57)19-17-24(2)16-18-28-37(58)34-29(23-69-44(34)64)26(4)38(28)67-6/h16,25,27,30-32,35-36,56,58H,8-15,17-23,46H2,1-7H3,(H,48,60)(H,50,61)(H,51,59)(H,52,57)(H3,47,49,53)/b24-16+/t25-,27+,30-,31-,32-,35-,36-/m0/s1. The van der Waals surface area contributed by atoms with E-state index in [0.29, 0.717) is 48.1 Å². The van der Waals surface area contributed by atoms with Crippen LogP contribution in [0.4, 0.5) is 0 Å². The smallest absolute Gasteiger partial charge is 0.342 e.